The summed E-state index contributed by atoms with van der Waals surface area (Å²) in [6, 6.07) is 8.41. The molecule has 0 aromatic heterocycles. The largest absolute Gasteiger partial charge is 0.481 e. The lowest BCUT2D eigenvalue weighted by Crippen LogP contribution is -2.40. The third kappa shape index (κ3) is 3.91. The molecule has 1 aromatic carbocycles. The fraction of sp³-hybridized carbons (Fsp3) is 0.600. The van der Waals surface area contributed by atoms with Crippen molar-refractivity contribution in [3.8, 4) is 0 Å². The number of carboxylic acid groups (broad SMARTS) is 1. The molecule has 6 heteroatoms. The number of carbonyl (C=O) groups excluding carboxylic acids is 1. The minimum atomic E-state index is -0.750. The number of likely N-dealkylation sites (N-methyl/N-ethyl adjacent to an activating group) is 1. The van der Waals surface area contributed by atoms with Gasteiger partial charge in [0.2, 0.25) is 5.91 Å². The molecule has 6 nitrogen and oxygen atoms in total. The van der Waals surface area contributed by atoms with Gasteiger partial charge in [-0.2, -0.15) is 0 Å². The van der Waals surface area contributed by atoms with Gasteiger partial charge in [-0.1, -0.05) is 24.3 Å². The SMILES string of the molecule is Cc1ccccc1[C@H]1[C@@H]2CN(CCC(=O)O)C[C@@H]2CN1C(=O)CN(C)C. The number of carboxylic acids is 1. The normalized spacial score (nSPS) is 25.7. The van der Waals surface area contributed by atoms with Crippen molar-refractivity contribution in [2.45, 2.75) is 19.4 Å². The lowest BCUT2D eigenvalue weighted by atomic mass is 9.87. The molecule has 3 atom stereocenters. The highest BCUT2D eigenvalue weighted by atomic mass is 16.4. The number of benzene rings is 1. The zero-order chi connectivity index (χ0) is 18.8. The van der Waals surface area contributed by atoms with Gasteiger partial charge in [-0.05, 0) is 38.1 Å². The first-order valence-electron chi connectivity index (χ1n) is 9.30. The number of hydrogen-bond acceptors (Lipinski definition) is 4. The van der Waals surface area contributed by atoms with Crippen LogP contribution in [0.15, 0.2) is 24.3 Å². The zero-order valence-corrected chi connectivity index (χ0v) is 15.9. The van der Waals surface area contributed by atoms with Gasteiger partial charge in [0.05, 0.1) is 19.0 Å². The van der Waals surface area contributed by atoms with Gasteiger partial charge in [-0.25, -0.2) is 0 Å². The van der Waals surface area contributed by atoms with Crippen LogP contribution < -0.4 is 0 Å². The van der Waals surface area contributed by atoms with Gasteiger partial charge in [0.15, 0.2) is 0 Å². The van der Waals surface area contributed by atoms with Crippen molar-refractivity contribution in [3.05, 3.63) is 35.4 Å². The first-order valence-corrected chi connectivity index (χ1v) is 9.30. The molecule has 1 N–H and O–H groups in total. The monoisotopic (exact) mass is 359 g/mol. The predicted octanol–water partition coefficient (Wildman–Crippen LogP) is 1.46. The van der Waals surface area contributed by atoms with Crippen molar-refractivity contribution in [3.63, 3.8) is 0 Å². The van der Waals surface area contributed by atoms with Crippen LogP contribution in [0.4, 0.5) is 0 Å². The third-order valence-electron chi connectivity index (χ3n) is 5.66. The number of nitrogens with zero attached hydrogens (tertiary/aromatic N) is 3. The Morgan fingerprint density at radius 2 is 1.92 bits per heavy atom. The average molecular weight is 359 g/mol. The second-order valence-corrected chi connectivity index (χ2v) is 7.91. The van der Waals surface area contributed by atoms with Crippen LogP contribution in [0, 0.1) is 18.8 Å². The third-order valence-corrected chi connectivity index (χ3v) is 5.66. The number of aryl methyl sites for hydroxylation is 1. The molecule has 0 saturated carbocycles. The summed E-state index contributed by atoms with van der Waals surface area (Å²) in [7, 11) is 3.84. The van der Waals surface area contributed by atoms with E-state index in [2.05, 4.69) is 28.9 Å². The van der Waals surface area contributed by atoms with Crippen LogP contribution in [0.25, 0.3) is 0 Å². The quantitative estimate of drug-likeness (QED) is 0.833. The van der Waals surface area contributed by atoms with Crippen molar-refractivity contribution in [2.24, 2.45) is 11.8 Å². The van der Waals surface area contributed by atoms with E-state index in [9.17, 15) is 9.59 Å². The van der Waals surface area contributed by atoms with E-state index in [4.69, 9.17) is 5.11 Å². The van der Waals surface area contributed by atoms with E-state index in [0.29, 0.717) is 24.9 Å². The maximum Gasteiger partial charge on any atom is 0.304 e. The van der Waals surface area contributed by atoms with E-state index in [1.54, 1.807) is 0 Å². The van der Waals surface area contributed by atoms with E-state index in [0.717, 1.165) is 19.6 Å². The molecular weight excluding hydrogens is 330 g/mol. The molecule has 26 heavy (non-hydrogen) atoms. The molecule has 3 rings (SSSR count). The van der Waals surface area contributed by atoms with Crippen LogP contribution in [0.5, 0.6) is 0 Å². The van der Waals surface area contributed by atoms with Crippen molar-refractivity contribution in [1.82, 2.24) is 14.7 Å². The van der Waals surface area contributed by atoms with Gasteiger partial charge >= 0.3 is 5.97 Å². The maximum absolute atomic E-state index is 12.9. The Morgan fingerprint density at radius 1 is 1.19 bits per heavy atom. The number of rotatable bonds is 6. The van der Waals surface area contributed by atoms with Crippen LogP contribution in [0.1, 0.15) is 23.6 Å². The standard InChI is InChI=1S/C20H29N3O3/c1-14-6-4-5-7-16(14)20-17-12-22(9-8-19(25)26)10-15(17)11-23(20)18(24)13-21(2)3/h4-7,15,17,20H,8-13H2,1-3H3,(H,25,26)/t15-,17-,20+/m1/s1. The number of amides is 1. The van der Waals surface area contributed by atoms with E-state index in [1.807, 2.05) is 31.1 Å². The Kier molecular flexibility index (Phi) is 5.63. The highest BCUT2D eigenvalue weighted by Crippen LogP contribution is 2.45. The topological polar surface area (TPSA) is 64.1 Å². The molecule has 0 radical (unpaired) electrons. The first-order chi connectivity index (χ1) is 12.4. The van der Waals surface area contributed by atoms with Gasteiger partial charge in [-0.15, -0.1) is 0 Å². The highest BCUT2D eigenvalue weighted by molar-refractivity contribution is 5.79. The molecule has 142 valence electrons. The Balaban J connectivity index is 1.83. The summed E-state index contributed by atoms with van der Waals surface area (Å²) < 4.78 is 0. The number of likely N-dealkylation sites (tertiary alicyclic amines) is 2. The molecule has 1 aromatic rings. The van der Waals surface area contributed by atoms with Crippen LogP contribution in [0.2, 0.25) is 0 Å². The molecule has 2 aliphatic heterocycles. The fourth-order valence-corrected chi connectivity index (χ4v) is 4.51. The van der Waals surface area contributed by atoms with E-state index < -0.39 is 5.97 Å². The van der Waals surface area contributed by atoms with Crippen LogP contribution >= 0.6 is 0 Å². The van der Waals surface area contributed by atoms with Crippen LogP contribution in [-0.2, 0) is 9.59 Å². The summed E-state index contributed by atoms with van der Waals surface area (Å²) >= 11 is 0. The van der Waals surface area contributed by atoms with Crippen LogP contribution in [-0.4, -0.2) is 78.5 Å². The van der Waals surface area contributed by atoms with Gasteiger partial charge in [-0.3, -0.25) is 9.59 Å². The molecule has 2 saturated heterocycles. The first kappa shape index (κ1) is 18.9. The summed E-state index contributed by atoms with van der Waals surface area (Å²) in [5.41, 5.74) is 2.44. The van der Waals surface area contributed by atoms with E-state index >= 15 is 0 Å². The maximum atomic E-state index is 12.9. The number of carbonyl (C=O) groups is 2. The Bertz CT molecular complexity index is 676. The molecule has 0 aliphatic carbocycles. The van der Waals surface area contributed by atoms with E-state index in [1.165, 1.54) is 11.1 Å². The van der Waals surface area contributed by atoms with Gasteiger partial charge < -0.3 is 19.8 Å². The molecule has 2 aliphatic rings. The van der Waals surface area contributed by atoms with Crippen molar-refractivity contribution in [2.75, 3.05) is 46.8 Å². The number of hydrogen-bond donors (Lipinski definition) is 1. The minimum Gasteiger partial charge on any atom is -0.481 e. The van der Waals surface area contributed by atoms with Crippen molar-refractivity contribution >= 4 is 11.9 Å². The molecule has 0 spiro atoms. The van der Waals surface area contributed by atoms with Crippen molar-refractivity contribution in [1.29, 1.82) is 0 Å². The molecule has 2 fully saturated rings. The molecule has 2 heterocycles. The Labute approximate surface area is 155 Å². The van der Waals surface area contributed by atoms with Gasteiger partial charge in [0.25, 0.3) is 0 Å². The average Bonchev–Trinajstić information content (AvgIpc) is 3.10. The second kappa shape index (κ2) is 7.76. The predicted molar refractivity (Wildman–Crippen MR) is 99.9 cm³/mol. The summed E-state index contributed by atoms with van der Waals surface area (Å²) in [5.74, 6) is 0.213. The van der Waals surface area contributed by atoms with E-state index in [-0.39, 0.29) is 18.4 Å². The summed E-state index contributed by atoms with van der Waals surface area (Å²) in [5, 5.41) is 8.96. The lowest BCUT2D eigenvalue weighted by Gasteiger charge is -2.31. The van der Waals surface area contributed by atoms with Gasteiger partial charge in [0.1, 0.15) is 0 Å². The molecule has 0 unspecified atom stereocenters. The second-order valence-electron chi connectivity index (χ2n) is 7.91. The molecule has 0 bridgehead atoms. The minimum absolute atomic E-state index is 0.0866. The number of aliphatic carboxylic acids is 1. The molecular formula is C20H29N3O3. The fourth-order valence-electron chi connectivity index (χ4n) is 4.51. The van der Waals surface area contributed by atoms with Crippen molar-refractivity contribution < 1.29 is 14.7 Å². The summed E-state index contributed by atoms with van der Waals surface area (Å²) in [6.07, 6.45) is 0.178. The summed E-state index contributed by atoms with van der Waals surface area (Å²) in [6.45, 7) is 5.63. The Hall–Kier alpha value is -1.92. The van der Waals surface area contributed by atoms with Crippen LogP contribution in [0.3, 0.4) is 0 Å². The lowest BCUT2D eigenvalue weighted by molar-refractivity contribution is -0.137. The number of fused-ring (bicyclic) bond motifs is 1. The summed E-state index contributed by atoms with van der Waals surface area (Å²) in [4.78, 5) is 30.0. The smallest absolute Gasteiger partial charge is 0.304 e. The van der Waals surface area contributed by atoms with Gasteiger partial charge in [0, 0.05) is 32.1 Å². The Morgan fingerprint density at radius 3 is 2.58 bits per heavy atom. The molecule has 1 amide bonds. The highest BCUT2D eigenvalue weighted by Gasteiger charge is 2.49. The zero-order valence-electron chi connectivity index (χ0n) is 15.9.